The summed E-state index contributed by atoms with van der Waals surface area (Å²) in [6, 6.07) is 5.28. The molecule has 0 aliphatic rings. The number of aromatic nitrogens is 4. The Morgan fingerprint density at radius 3 is 2.38 bits per heavy atom. The van der Waals surface area contributed by atoms with Crippen molar-refractivity contribution >= 4 is 23.3 Å². The molecule has 3 rings (SSSR count). The number of aryl methyl sites for hydroxylation is 3. The van der Waals surface area contributed by atoms with Crippen LogP contribution in [0.5, 0.6) is 0 Å². The molecule has 24 heavy (non-hydrogen) atoms. The standard InChI is InChI=1S/C16H18N6O2/c1-20-8-6-11(9-20)17-16(24)14-18-13(10-22(14)3)19-15(23)12-5-4-7-21(12)2/h4-10H,1-3H3,(H,17,24)(H,19,23). The molecule has 0 saturated carbocycles. The molecule has 0 aromatic carbocycles. The summed E-state index contributed by atoms with van der Waals surface area (Å²) < 4.78 is 5.11. The van der Waals surface area contributed by atoms with Crippen molar-refractivity contribution in [1.82, 2.24) is 18.7 Å². The zero-order valence-corrected chi connectivity index (χ0v) is 13.6. The largest absolute Gasteiger partial charge is 0.355 e. The topological polar surface area (TPSA) is 85.9 Å². The smallest absolute Gasteiger partial charge is 0.291 e. The number of nitrogens with zero attached hydrogens (tertiary/aromatic N) is 4. The number of hydrogen-bond acceptors (Lipinski definition) is 3. The summed E-state index contributed by atoms with van der Waals surface area (Å²) in [4.78, 5) is 28.7. The SMILES string of the molecule is Cn1ccc(NC(=O)c2nc(NC(=O)c3cccn3C)cn2C)c1. The van der Waals surface area contributed by atoms with Crippen molar-refractivity contribution in [2.24, 2.45) is 21.1 Å². The van der Waals surface area contributed by atoms with Crippen molar-refractivity contribution in [3.63, 3.8) is 0 Å². The van der Waals surface area contributed by atoms with Crippen LogP contribution in [-0.4, -0.2) is 30.5 Å². The Kier molecular flexibility index (Phi) is 3.95. The molecule has 8 heteroatoms. The Labute approximate surface area is 138 Å². The minimum Gasteiger partial charge on any atom is -0.355 e. The van der Waals surface area contributed by atoms with Crippen molar-refractivity contribution in [3.8, 4) is 0 Å². The molecule has 0 atom stereocenters. The molecule has 2 amide bonds. The first-order valence-electron chi connectivity index (χ1n) is 7.33. The van der Waals surface area contributed by atoms with Gasteiger partial charge in [-0.2, -0.15) is 0 Å². The molecule has 0 saturated heterocycles. The number of carbonyl (C=O) groups excluding carboxylic acids is 2. The molecule has 124 valence electrons. The first-order chi connectivity index (χ1) is 11.4. The molecule has 0 spiro atoms. The molecule has 0 unspecified atom stereocenters. The van der Waals surface area contributed by atoms with E-state index in [1.807, 2.05) is 17.8 Å². The van der Waals surface area contributed by atoms with Crippen molar-refractivity contribution in [2.45, 2.75) is 0 Å². The zero-order chi connectivity index (χ0) is 17.3. The Balaban J connectivity index is 1.74. The summed E-state index contributed by atoms with van der Waals surface area (Å²) in [5.41, 5.74) is 1.19. The van der Waals surface area contributed by atoms with Gasteiger partial charge in [-0.05, 0) is 18.2 Å². The van der Waals surface area contributed by atoms with E-state index in [1.54, 1.807) is 60.0 Å². The second-order valence-electron chi connectivity index (χ2n) is 5.54. The van der Waals surface area contributed by atoms with Gasteiger partial charge in [-0.25, -0.2) is 4.98 Å². The monoisotopic (exact) mass is 326 g/mol. The molecule has 3 aromatic heterocycles. The Bertz CT molecular complexity index is 901. The Morgan fingerprint density at radius 1 is 0.958 bits per heavy atom. The normalized spacial score (nSPS) is 10.6. The van der Waals surface area contributed by atoms with Crippen LogP contribution >= 0.6 is 0 Å². The maximum absolute atomic E-state index is 12.3. The third kappa shape index (κ3) is 3.07. The van der Waals surface area contributed by atoms with E-state index in [1.165, 1.54) is 0 Å². The summed E-state index contributed by atoms with van der Waals surface area (Å²) in [6.07, 6.45) is 7.01. The van der Waals surface area contributed by atoms with E-state index in [9.17, 15) is 9.59 Å². The number of carbonyl (C=O) groups is 2. The van der Waals surface area contributed by atoms with Crippen molar-refractivity contribution in [3.05, 3.63) is 54.5 Å². The maximum Gasteiger partial charge on any atom is 0.291 e. The highest BCUT2D eigenvalue weighted by atomic mass is 16.2. The predicted molar refractivity (Wildman–Crippen MR) is 89.9 cm³/mol. The van der Waals surface area contributed by atoms with E-state index in [0.717, 1.165) is 0 Å². The highest BCUT2D eigenvalue weighted by Crippen LogP contribution is 2.12. The molecule has 8 nitrogen and oxygen atoms in total. The van der Waals surface area contributed by atoms with Gasteiger partial charge in [0, 0.05) is 45.9 Å². The van der Waals surface area contributed by atoms with Gasteiger partial charge in [-0.3, -0.25) is 9.59 Å². The number of anilines is 2. The van der Waals surface area contributed by atoms with Crippen LogP contribution in [0.3, 0.4) is 0 Å². The molecular formula is C16H18N6O2. The molecular weight excluding hydrogens is 308 g/mol. The van der Waals surface area contributed by atoms with Crippen LogP contribution in [0, 0.1) is 0 Å². The molecule has 2 N–H and O–H groups in total. The van der Waals surface area contributed by atoms with Crippen LogP contribution in [-0.2, 0) is 21.1 Å². The number of hydrogen-bond donors (Lipinski definition) is 2. The van der Waals surface area contributed by atoms with Crippen LogP contribution in [0.25, 0.3) is 0 Å². The van der Waals surface area contributed by atoms with E-state index >= 15 is 0 Å². The van der Waals surface area contributed by atoms with E-state index in [0.29, 0.717) is 17.2 Å². The number of imidazole rings is 1. The lowest BCUT2D eigenvalue weighted by Gasteiger charge is -2.03. The molecule has 3 heterocycles. The lowest BCUT2D eigenvalue weighted by atomic mass is 10.4. The van der Waals surface area contributed by atoms with E-state index < -0.39 is 0 Å². The van der Waals surface area contributed by atoms with Gasteiger partial charge < -0.3 is 24.3 Å². The fraction of sp³-hybridized carbons (Fsp3) is 0.188. The van der Waals surface area contributed by atoms with Gasteiger partial charge >= 0.3 is 0 Å². The Hall–Kier alpha value is -3.29. The average Bonchev–Trinajstić information content (AvgIpc) is 3.20. The van der Waals surface area contributed by atoms with E-state index in [2.05, 4.69) is 15.6 Å². The third-order valence-electron chi connectivity index (χ3n) is 3.59. The number of nitrogens with one attached hydrogen (secondary N) is 2. The van der Waals surface area contributed by atoms with Crippen LogP contribution in [0.1, 0.15) is 21.1 Å². The molecule has 0 aliphatic carbocycles. The van der Waals surface area contributed by atoms with Crippen LogP contribution < -0.4 is 10.6 Å². The summed E-state index contributed by atoms with van der Waals surface area (Å²) in [5, 5.41) is 5.46. The van der Waals surface area contributed by atoms with Crippen LogP contribution in [0.15, 0.2) is 43.0 Å². The molecule has 0 bridgehead atoms. The first-order valence-corrected chi connectivity index (χ1v) is 7.33. The summed E-state index contributed by atoms with van der Waals surface area (Å²) in [7, 11) is 5.35. The zero-order valence-electron chi connectivity index (χ0n) is 13.6. The van der Waals surface area contributed by atoms with E-state index in [-0.39, 0.29) is 17.6 Å². The van der Waals surface area contributed by atoms with E-state index in [4.69, 9.17) is 0 Å². The summed E-state index contributed by atoms with van der Waals surface area (Å²) in [5.74, 6) is -0.0957. The quantitative estimate of drug-likeness (QED) is 0.763. The molecule has 0 fully saturated rings. The van der Waals surface area contributed by atoms with Crippen LogP contribution in [0.2, 0.25) is 0 Å². The highest BCUT2D eigenvalue weighted by Gasteiger charge is 2.17. The van der Waals surface area contributed by atoms with Gasteiger partial charge in [0.05, 0.1) is 5.69 Å². The fourth-order valence-electron chi connectivity index (χ4n) is 2.38. The lowest BCUT2D eigenvalue weighted by Crippen LogP contribution is -2.17. The number of rotatable bonds is 4. The van der Waals surface area contributed by atoms with Gasteiger partial charge in [-0.15, -0.1) is 0 Å². The minimum atomic E-state index is -0.344. The van der Waals surface area contributed by atoms with Crippen LogP contribution in [0.4, 0.5) is 11.5 Å². The van der Waals surface area contributed by atoms with Crippen molar-refractivity contribution in [1.29, 1.82) is 0 Å². The third-order valence-corrected chi connectivity index (χ3v) is 3.59. The first kappa shape index (κ1) is 15.6. The molecule has 0 radical (unpaired) electrons. The van der Waals surface area contributed by atoms with Gasteiger partial charge in [0.2, 0.25) is 5.82 Å². The molecule has 3 aromatic rings. The van der Waals surface area contributed by atoms with Crippen molar-refractivity contribution < 1.29 is 9.59 Å². The second-order valence-corrected chi connectivity index (χ2v) is 5.54. The van der Waals surface area contributed by atoms with Gasteiger partial charge in [0.1, 0.15) is 5.69 Å². The number of amides is 2. The predicted octanol–water partition coefficient (Wildman–Crippen LogP) is 1.60. The summed E-state index contributed by atoms with van der Waals surface area (Å²) >= 11 is 0. The minimum absolute atomic E-state index is 0.209. The van der Waals surface area contributed by atoms with Gasteiger partial charge in [0.15, 0.2) is 5.82 Å². The maximum atomic E-state index is 12.3. The average molecular weight is 326 g/mol. The lowest BCUT2D eigenvalue weighted by molar-refractivity contribution is 0.100. The highest BCUT2D eigenvalue weighted by molar-refractivity contribution is 6.04. The summed E-state index contributed by atoms with van der Waals surface area (Å²) in [6.45, 7) is 0. The van der Waals surface area contributed by atoms with Gasteiger partial charge in [0.25, 0.3) is 11.8 Å². The van der Waals surface area contributed by atoms with Gasteiger partial charge in [-0.1, -0.05) is 0 Å². The Morgan fingerprint density at radius 2 is 1.75 bits per heavy atom. The van der Waals surface area contributed by atoms with Crippen molar-refractivity contribution in [2.75, 3.05) is 10.6 Å². The second kappa shape index (κ2) is 6.07. The molecule has 0 aliphatic heterocycles. The fourth-order valence-corrected chi connectivity index (χ4v) is 2.38.